The first kappa shape index (κ1) is 83.3. The lowest BCUT2D eigenvalue weighted by atomic mass is 9.42. The van der Waals surface area contributed by atoms with Gasteiger partial charge in [0.2, 0.25) is 0 Å². The highest BCUT2D eigenvalue weighted by Crippen LogP contribution is 2.75. The van der Waals surface area contributed by atoms with Crippen molar-refractivity contribution in [2.24, 2.45) is 104 Å². The molecule has 0 heterocycles. The molecule has 4 aromatic carbocycles. The molecule has 6 saturated carbocycles. The highest BCUT2D eigenvalue weighted by atomic mass is 16.5. The predicted octanol–water partition coefficient (Wildman–Crippen LogP) is 21.8. The average molecular weight is 1450 g/mol. The highest BCUT2D eigenvalue weighted by Gasteiger charge is 2.67. The standard InChI is InChI=1S/C41H62O4.C41H60O4.2C6H8N2/c2*1-9-44-37-16-12-30(24-31(37)26-42)13-17-38(43)45-33-18-21-39(6)32(25-33)14-15-36-35(39)20-23-40(7)34(19-22-41(36,40)8)29(5)11-10-28(4)27(2)3;2*7-5-2-1-3-6(8)4-5/h12-14,16-17,24,27-29,33-36,42H,9-11,15,18-23,25-26H2,1-8H3;10-14,16-17,24,27-29,33-36,42H,9,15,18-23,25-26H2,1-8H3;2*1-4H,7-8H2/b17-13+;11-10+,17-13+;;. The fraction of sp³-hybridized carbons (Fsp3) is 0.617. The van der Waals surface area contributed by atoms with Gasteiger partial charge in [0.05, 0.1) is 26.4 Å². The Kier molecular flexibility index (Phi) is 28.1. The van der Waals surface area contributed by atoms with Crippen LogP contribution in [0.25, 0.3) is 12.2 Å². The topological polar surface area (TPSA) is 216 Å². The van der Waals surface area contributed by atoms with Crippen LogP contribution in [0.4, 0.5) is 22.7 Å². The number of anilines is 4. The predicted molar refractivity (Wildman–Crippen MR) is 440 cm³/mol. The second-order valence-corrected chi connectivity index (χ2v) is 35.9. The molecule has 0 bridgehead atoms. The van der Waals surface area contributed by atoms with E-state index < -0.39 is 0 Å². The molecule has 0 aromatic heterocycles. The third-order valence-electron chi connectivity index (χ3n) is 29.6. The molecule has 0 saturated heterocycles. The van der Waals surface area contributed by atoms with E-state index >= 15 is 0 Å². The summed E-state index contributed by atoms with van der Waals surface area (Å²) in [5, 5.41) is 19.4. The van der Waals surface area contributed by atoms with E-state index in [2.05, 4.69) is 121 Å². The Morgan fingerprint density at radius 1 is 0.491 bits per heavy atom. The number of nitrogen functional groups attached to an aromatic ring is 4. The Bertz CT molecular complexity index is 3680. The van der Waals surface area contributed by atoms with Crippen molar-refractivity contribution in [2.45, 2.75) is 252 Å². The van der Waals surface area contributed by atoms with Crippen LogP contribution in [0.3, 0.4) is 0 Å². The summed E-state index contributed by atoms with van der Waals surface area (Å²) in [6.45, 7) is 39.8. The number of carbonyl (C=O) groups is 2. The molecule has 10 N–H and O–H groups in total. The zero-order valence-electron chi connectivity index (χ0n) is 68.0. The Balaban J connectivity index is 0.000000202. The Labute approximate surface area is 639 Å². The molecule has 106 heavy (non-hydrogen) atoms. The van der Waals surface area contributed by atoms with E-state index in [0.717, 1.165) is 108 Å². The third kappa shape index (κ3) is 18.4. The summed E-state index contributed by atoms with van der Waals surface area (Å²) >= 11 is 0. The summed E-state index contributed by atoms with van der Waals surface area (Å²) < 4.78 is 23.2. The van der Waals surface area contributed by atoms with Gasteiger partial charge >= 0.3 is 11.9 Å². The normalized spacial score (nSPS) is 31.8. The summed E-state index contributed by atoms with van der Waals surface area (Å²) in [4.78, 5) is 25.8. The fourth-order valence-corrected chi connectivity index (χ4v) is 21.9. The minimum Gasteiger partial charge on any atom is -0.494 e. The van der Waals surface area contributed by atoms with Gasteiger partial charge in [0.25, 0.3) is 0 Å². The van der Waals surface area contributed by atoms with Gasteiger partial charge in [0.15, 0.2) is 0 Å². The maximum atomic E-state index is 12.9. The van der Waals surface area contributed by atoms with Crippen molar-refractivity contribution in [3.8, 4) is 11.5 Å². The smallest absolute Gasteiger partial charge is 0.331 e. The Morgan fingerprint density at radius 2 is 0.906 bits per heavy atom. The number of rotatable bonds is 21. The zero-order valence-corrected chi connectivity index (χ0v) is 68.0. The van der Waals surface area contributed by atoms with Gasteiger partial charge < -0.3 is 52.1 Å². The molecule has 12 nitrogen and oxygen atoms in total. The van der Waals surface area contributed by atoms with Crippen LogP contribution in [0.5, 0.6) is 11.5 Å². The van der Waals surface area contributed by atoms with E-state index in [1.165, 1.54) is 94.8 Å². The van der Waals surface area contributed by atoms with Crippen molar-refractivity contribution in [3.05, 3.63) is 155 Å². The summed E-state index contributed by atoms with van der Waals surface area (Å²) in [6.07, 6.45) is 38.5. The van der Waals surface area contributed by atoms with E-state index in [9.17, 15) is 19.8 Å². The molecule has 6 fully saturated rings. The molecule has 12 heteroatoms. The van der Waals surface area contributed by atoms with Crippen molar-refractivity contribution in [3.63, 3.8) is 0 Å². The number of esters is 2. The van der Waals surface area contributed by atoms with Gasteiger partial charge in [-0.1, -0.05) is 169 Å². The summed E-state index contributed by atoms with van der Waals surface area (Å²) in [5.74, 6) is 9.71. The molecular weight excluding hydrogens is 1310 g/mol. The molecular formula is C94H138N4O8. The zero-order chi connectivity index (χ0) is 77.1. The van der Waals surface area contributed by atoms with Crippen molar-refractivity contribution in [2.75, 3.05) is 36.1 Å². The van der Waals surface area contributed by atoms with Crippen LogP contribution in [0.15, 0.2) is 133 Å². The molecule has 0 aliphatic heterocycles. The van der Waals surface area contributed by atoms with Crippen molar-refractivity contribution in [1.82, 2.24) is 0 Å². The molecule has 582 valence electrons. The largest absolute Gasteiger partial charge is 0.494 e. The number of aliphatic hydroxyl groups excluding tert-OH is 2. The van der Waals surface area contributed by atoms with Gasteiger partial charge in [-0.15, -0.1) is 0 Å². The minimum absolute atomic E-state index is 0.0549. The first-order valence-corrected chi connectivity index (χ1v) is 41.1. The molecule has 0 amide bonds. The van der Waals surface area contributed by atoms with Crippen LogP contribution in [0, 0.1) is 104 Å². The number of hydrogen-bond acceptors (Lipinski definition) is 12. The van der Waals surface area contributed by atoms with Crippen molar-refractivity contribution < 1.29 is 38.7 Å². The number of nitrogens with two attached hydrogens (primary N) is 4. The minimum atomic E-state index is -0.291. The van der Waals surface area contributed by atoms with Gasteiger partial charge in [-0.2, -0.15) is 0 Å². The second-order valence-electron chi connectivity index (χ2n) is 35.9. The number of benzene rings is 4. The molecule has 0 spiro atoms. The van der Waals surface area contributed by atoms with Crippen LogP contribution in [-0.2, 0) is 32.3 Å². The van der Waals surface area contributed by atoms with Crippen LogP contribution >= 0.6 is 0 Å². The molecule has 4 aromatic rings. The van der Waals surface area contributed by atoms with E-state index in [0.29, 0.717) is 92.4 Å². The van der Waals surface area contributed by atoms with Gasteiger partial charge in [0.1, 0.15) is 23.7 Å². The SMILES string of the molecule is CCOc1ccc(/C=C/C(=O)OC2CCC3(C)C(=CCC4C3CCC3(C)C(C(C)/C=C/C(C)C(C)C)CCC43C)C2)cc1CO.CCOc1ccc(/C=C/C(=O)OC2CCC3(C)C(=CCC4C3CCC3(C)C(C(C)CCC(C)C(C)C)CCC43C)C2)cc1CO.Nc1cccc(N)c1.Nc1cccc(N)c1. The number of aliphatic hydroxyl groups is 2. The first-order chi connectivity index (χ1) is 50.3. The van der Waals surface area contributed by atoms with E-state index in [1.54, 1.807) is 54.1 Å². The van der Waals surface area contributed by atoms with Crippen LogP contribution in [0.1, 0.15) is 249 Å². The van der Waals surface area contributed by atoms with Gasteiger partial charge in [-0.25, -0.2) is 9.59 Å². The molecule has 8 aliphatic carbocycles. The number of carbonyl (C=O) groups excluding carboxylic acids is 2. The first-order valence-electron chi connectivity index (χ1n) is 41.1. The Hall–Kier alpha value is -6.76. The average Bonchev–Trinajstić information content (AvgIpc) is 1.43. The van der Waals surface area contributed by atoms with Crippen molar-refractivity contribution in [1.29, 1.82) is 0 Å². The lowest BCUT2D eigenvalue weighted by Crippen LogP contribution is -2.55. The molecule has 12 rings (SSSR count). The van der Waals surface area contributed by atoms with Gasteiger partial charge in [-0.3, -0.25) is 0 Å². The van der Waals surface area contributed by atoms with E-state index in [-0.39, 0.29) is 48.2 Å². The Morgan fingerprint density at radius 3 is 1.29 bits per heavy atom. The summed E-state index contributed by atoms with van der Waals surface area (Å²) in [7, 11) is 0. The molecule has 0 radical (unpaired) electrons. The number of hydrogen-bond donors (Lipinski definition) is 6. The van der Waals surface area contributed by atoms with E-state index in [4.69, 9.17) is 41.9 Å². The number of ether oxygens (including phenoxy) is 4. The maximum absolute atomic E-state index is 12.9. The number of allylic oxidation sites excluding steroid dienone is 4. The van der Waals surface area contributed by atoms with Crippen LogP contribution in [0.2, 0.25) is 0 Å². The van der Waals surface area contributed by atoms with Gasteiger partial charge in [0, 0.05) is 58.9 Å². The summed E-state index contributed by atoms with van der Waals surface area (Å²) in [6, 6.07) is 25.5. The quantitative estimate of drug-likeness (QED) is 0.0199. The second kappa shape index (κ2) is 35.7. The van der Waals surface area contributed by atoms with Crippen LogP contribution in [-0.4, -0.2) is 47.6 Å². The maximum Gasteiger partial charge on any atom is 0.331 e. The number of fused-ring (bicyclic) bond motifs is 10. The van der Waals surface area contributed by atoms with Gasteiger partial charge in [-0.05, 0) is 291 Å². The molecule has 18 unspecified atom stereocenters. The molecule has 18 atom stereocenters. The van der Waals surface area contributed by atoms with E-state index in [1.807, 2.05) is 62.4 Å². The molecule has 8 aliphatic rings. The fourth-order valence-electron chi connectivity index (χ4n) is 21.9. The lowest BCUT2D eigenvalue weighted by Gasteiger charge is -2.63. The third-order valence-corrected chi connectivity index (χ3v) is 29.6. The lowest BCUT2D eigenvalue weighted by molar-refractivity contribution is -0.147. The highest BCUT2D eigenvalue weighted by molar-refractivity contribution is 5.88. The van der Waals surface area contributed by atoms with Crippen molar-refractivity contribution >= 4 is 46.8 Å². The monoisotopic (exact) mass is 1450 g/mol. The van der Waals surface area contributed by atoms with Crippen LogP contribution < -0.4 is 32.4 Å². The summed E-state index contributed by atoms with van der Waals surface area (Å²) in [5.41, 5.74) is 32.6.